The normalized spacial score (nSPS) is 22.7. The summed E-state index contributed by atoms with van der Waals surface area (Å²) in [7, 11) is 0. The van der Waals surface area contributed by atoms with Gasteiger partial charge in [-0.15, -0.1) is 0 Å². The highest BCUT2D eigenvalue weighted by atomic mass is 32.2. The summed E-state index contributed by atoms with van der Waals surface area (Å²) in [6, 6.07) is 11.3. The predicted molar refractivity (Wildman–Crippen MR) is 129 cm³/mol. The Labute approximate surface area is 187 Å². The number of halogens is 1. The van der Waals surface area contributed by atoms with Gasteiger partial charge in [-0.05, 0) is 93.3 Å². The molecule has 2 heterocycles. The third-order valence-corrected chi connectivity index (χ3v) is 6.90. The highest BCUT2D eigenvalue weighted by Crippen LogP contribution is 2.44. The molecule has 1 N–H and O–H groups in total. The van der Waals surface area contributed by atoms with Crippen molar-refractivity contribution in [3.63, 3.8) is 0 Å². The molecule has 2 aliphatic heterocycles. The molecule has 162 valence electrons. The van der Waals surface area contributed by atoms with Crippen LogP contribution < -0.4 is 10.2 Å². The first-order chi connectivity index (χ1) is 14.7. The lowest BCUT2D eigenvalue weighted by atomic mass is 9.79. The first-order valence-electron chi connectivity index (χ1n) is 10.7. The molecule has 1 atom stereocenters. The summed E-state index contributed by atoms with van der Waals surface area (Å²) in [5.41, 5.74) is 4.38. The van der Waals surface area contributed by atoms with E-state index in [4.69, 9.17) is 0 Å². The van der Waals surface area contributed by atoms with Gasteiger partial charge in [0.05, 0.1) is 10.6 Å². The van der Waals surface area contributed by atoms with Crippen molar-refractivity contribution in [3.05, 3.63) is 63.8 Å². The monoisotopic (exact) mass is 437 g/mol. The van der Waals surface area contributed by atoms with Gasteiger partial charge in [0.15, 0.2) is 5.17 Å². The van der Waals surface area contributed by atoms with E-state index >= 15 is 4.39 Å². The van der Waals surface area contributed by atoms with E-state index in [1.807, 2.05) is 37.3 Å². The molecule has 2 aliphatic rings. The number of rotatable bonds is 3. The number of aliphatic imine (C=N–C) groups is 1. The van der Waals surface area contributed by atoms with E-state index < -0.39 is 0 Å². The zero-order valence-electron chi connectivity index (χ0n) is 18.6. The minimum Gasteiger partial charge on any atom is -0.366 e. The molecule has 1 saturated heterocycles. The second-order valence-corrected chi connectivity index (χ2v) is 9.95. The fraction of sp³-hybridized carbons (Fsp3) is 0.360. The maximum absolute atomic E-state index is 15.1. The number of hydrogen-bond donors (Lipinski definition) is 1. The average molecular weight is 438 g/mol. The van der Waals surface area contributed by atoms with Crippen LogP contribution in [-0.4, -0.2) is 23.2 Å². The number of thioether (sulfide) groups is 1. The van der Waals surface area contributed by atoms with Crippen LogP contribution in [0, 0.1) is 12.7 Å². The van der Waals surface area contributed by atoms with E-state index in [-0.39, 0.29) is 17.3 Å². The number of nitrogens with one attached hydrogen (secondary N) is 1. The Kier molecular flexibility index (Phi) is 5.69. The summed E-state index contributed by atoms with van der Waals surface area (Å²) in [6.45, 7) is 11.5. The number of nitrogens with zero attached hydrogens (tertiary/aromatic N) is 2. The Balaban J connectivity index is 1.67. The summed E-state index contributed by atoms with van der Waals surface area (Å²) in [5.74, 6) is -0.251. The third-order valence-electron chi connectivity index (χ3n) is 5.99. The van der Waals surface area contributed by atoms with Crippen molar-refractivity contribution < 1.29 is 9.18 Å². The first-order valence-corrected chi connectivity index (χ1v) is 11.5. The fourth-order valence-corrected chi connectivity index (χ4v) is 5.50. The average Bonchev–Trinajstić information content (AvgIpc) is 3.01. The molecule has 4 rings (SSSR count). The van der Waals surface area contributed by atoms with Gasteiger partial charge in [0, 0.05) is 23.3 Å². The van der Waals surface area contributed by atoms with Crippen molar-refractivity contribution in [2.45, 2.75) is 52.5 Å². The van der Waals surface area contributed by atoms with E-state index in [1.54, 1.807) is 12.1 Å². The molecule has 1 fully saturated rings. The Hall–Kier alpha value is -2.60. The SMILES string of the molecule is CCN1c2cc(F)c(/C=C3/SC(=Nc4cccc(C)c4)NC3=O)cc2C(C)CC1(C)C. The number of aryl methyl sites for hydroxylation is 1. The van der Waals surface area contributed by atoms with Gasteiger partial charge < -0.3 is 10.2 Å². The smallest absolute Gasteiger partial charge is 0.264 e. The Morgan fingerprint density at radius 3 is 2.81 bits per heavy atom. The molecule has 4 nitrogen and oxygen atoms in total. The fourth-order valence-electron chi connectivity index (χ4n) is 4.67. The van der Waals surface area contributed by atoms with Gasteiger partial charge in [-0.25, -0.2) is 9.38 Å². The summed E-state index contributed by atoms with van der Waals surface area (Å²) in [4.78, 5) is 19.7. The molecule has 0 radical (unpaired) electrons. The molecule has 2 aromatic carbocycles. The van der Waals surface area contributed by atoms with Crippen molar-refractivity contribution in [2.75, 3.05) is 11.4 Å². The van der Waals surface area contributed by atoms with Crippen molar-refractivity contribution in [3.8, 4) is 0 Å². The van der Waals surface area contributed by atoms with Crippen molar-refractivity contribution in [1.82, 2.24) is 5.32 Å². The molecular formula is C25H28FN3OS. The zero-order chi connectivity index (χ0) is 22.3. The van der Waals surface area contributed by atoms with E-state index in [9.17, 15) is 4.79 Å². The minimum absolute atomic E-state index is 0.0179. The number of amidine groups is 1. The van der Waals surface area contributed by atoms with Crippen LogP contribution in [0.2, 0.25) is 0 Å². The van der Waals surface area contributed by atoms with Crippen LogP contribution in [-0.2, 0) is 4.79 Å². The number of carbonyl (C=O) groups is 1. The maximum atomic E-state index is 15.1. The van der Waals surface area contributed by atoms with Gasteiger partial charge in [0.2, 0.25) is 0 Å². The van der Waals surface area contributed by atoms with E-state index in [1.165, 1.54) is 11.8 Å². The summed E-state index contributed by atoms with van der Waals surface area (Å²) in [5, 5.41) is 3.29. The lowest BCUT2D eigenvalue weighted by molar-refractivity contribution is -0.115. The van der Waals surface area contributed by atoms with Crippen LogP contribution in [0.5, 0.6) is 0 Å². The van der Waals surface area contributed by atoms with Crippen LogP contribution in [0.4, 0.5) is 15.8 Å². The van der Waals surface area contributed by atoms with Crippen LogP contribution in [0.3, 0.4) is 0 Å². The van der Waals surface area contributed by atoms with E-state index in [2.05, 4.69) is 42.9 Å². The van der Waals surface area contributed by atoms with Gasteiger partial charge in [-0.3, -0.25) is 4.79 Å². The van der Waals surface area contributed by atoms with Crippen LogP contribution in [0.15, 0.2) is 46.3 Å². The molecule has 1 amide bonds. The first kappa shape index (κ1) is 21.6. The van der Waals surface area contributed by atoms with Crippen molar-refractivity contribution in [1.29, 1.82) is 0 Å². The van der Waals surface area contributed by atoms with Gasteiger partial charge >= 0.3 is 0 Å². The highest BCUT2D eigenvalue weighted by Gasteiger charge is 2.36. The molecule has 31 heavy (non-hydrogen) atoms. The van der Waals surface area contributed by atoms with Crippen LogP contribution in [0.1, 0.15) is 56.7 Å². The molecule has 0 spiro atoms. The molecule has 2 aromatic rings. The summed E-state index contributed by atoms with van der Waals surface area (Å²) in [6.07, 6.45) is 2.63. The maximum Gasteiger partial charge on any atom is 0.264 e. The quantitative estimate of drug-likeness (QED) is 0.587. The topological polar surface area (TPSA) is 44.7 Å². The van der Waals surface area contributed by atoms with Crippen LogP contribution in [0.25, 0.3) is 6.08 Å². The van der Waals surface area contributed by atoms with E-state index in [0.717, 1.165) is 35.5 Å². The number of fused-ring (bicyclic) bond motifs is 1. The highest BCUT2D eigenvalue weighted by molar-refractivity contribution is 8.18. The molecular weight excluding hydrogens is 409 g/mol. The second-order valence-electron chi connectivity index (χ2n) is 8.92. The standard InChI is InChI=1S/C25H28FN3OS/c1-6-29-21-13-20(26)17(11-19(21)16(3)14-25(29,4)5)12-22-23(30)28-24(31-22)27-18-9-7-8-15(2)10-18/h7-13,16H,6,14H2,1-5H3,(H,27,28,30)/b22-12+. The van der Waals surface area contributed by atoms with Gasteiger partial charge in [-0.2, -0.15) is 0 Å². The number of hydrogen-bond acceptors (Lipinski definition) is 4. The predicted octanol–water partition coefficient (Wildman–Crippen LogP) is 6.14. The Bertz CT molecular complexity index is 1110. The van der Waals surface area contributed by atoms with Crippen molar-refractivity contribution >= 4 is 40.3 Å². The van der Waals surface area contributed by atoms with Gasteiger partial charge in [-0.1, -0.05) is 19.1 Å². The third kappa shape index (κ3) is 4.26. The molecule has 6 heteroatoms. The van der Waals surface area contributed by atoms with Crippen molar-refractivity contribution in [2.24, 2.45) is 4.99 Å². The Morgan fingerprint density at radius 2 is 2.10 bits per heavy atom. The number of carbonyl (C=O) groups excluding carboxylic acids is 1. The lowest BCUT2D eigenvalue weighted by Gasteiger charge is -2.47. The largest absolute Gasteiger partial charge is 0.366 e. The summed E-state index contributed by atoms with van der Waals surface area (Å²) < 4.78 is 15.1. The number of anilines is 1. The number of amides is 1. The molecule has 0 bridgehead atoms. The van der Waals surface area contributed by atoms with E-state index in [0.29, 0.717) is 21.6 Å². The minimum atomic E-state index is -0.313. The second kappa shape index (κ2) is 8.15. The lowest BCUT2D eigenvalue weighted by Crippen LogP contribution is -2.48. The molecule has 1 unspecified atom stereocenters. The summed E-state index contributed by atoms with van der Waals surface area (Å²) >= 11 is 1.24. The number of benzene rings is 2. The molecule has 0 saturated carbocycles. The zero-order valence-corrected chi connectivity index (χ0v) is 19.4. The van der Waals surface area contributed by atoms with Crippen LogP contribution >= 0.6 is 11.8 Å². The van der Waals surface area contributed by atoms with Gasteiger partial charge in [0.25, 0.3) is 5.91 Å². The Morgan fingerprint density at radius 1 is 1.32 bits per heavy atom. The van der Waals surface area contributed by atoms with Gasteiger partial charge in [0.1, 0.15) is 5.82 Å². The molecule has 0 aliphatic carbocycles. The molecule has 0 aromatic heterocycles.